The lowest BCUT2D eigenvalue weighted by Crippen LogP contribution is -2.48. The van der Waals surface area contributed by atoms with Crippen molar-refractivity contribution in [2.45, 2.75) is 26.7 Å². The van der Waals surface area contributed by atoms with Crippen LogP contribution in [0.5, 0.6) is 0 Å². The van der Waals surface area contributed by atoms with Crippen molar-refractivity contribution < 1.29 is 9.18 Å². The van der Waals surface area contributed by atoms with Gasteiger partial charge in [-0.05, 0) is 37.8 Å². The van der Waals surface area contributed by atoms with Crippen LogP contribution in [-0.4, -0.2) is 60.0 Å². The highest BCUT2D eigenvalue weighted by molar-refractivity contribution is 5.99. The molecule has 0 spiro atoms. The van der Waals surface area contributed by atoms with Gasteiger partial charge in [-0.1, -0.05) is 48.9 Å². The zero-order chi connectivity index (χ0) is 24.4. The number of carbonyl (C=O) groups is 1. The molecule has 2 aromatic carbocycles. The van der Waals surface area contributed by atoms with Crippen LogP contribution in [0, 0.1) is 18.7 Å². The van der Waals surface area contributed by atoms with Crippen molar-refractivity contribution in [1.82, 2.24) is 14.9 Å². The first-order valence-electron chi connectivity index (χ1n) is 12.5. The average Bonchev–Trinajstić information content (AvgIpc) is 2.89. The fraction of sp³-hybridized carbons (Fsp3) is 0.393. The van der Waals surface area contributed by atoms with Crippen molar-refractivity contribution in [2.75, 3.05) is 49.1 Å². The normalized spacial score (nSPS) is 17.1. The highest BCUT2D eigenvalue weighted by atomic mass is 19.1. The first kappa shape index (κ1) is 23.3. The van der Waals surface area contributed by atoms with Crippen LogP contribution in [0.1, 0.15) is 35.7 Å². The lowest BCUT2D eigenvalue weighted by molar-refractivity contribution is 0.0697. The number of nitrogens with zero attached hydrogens (tertiary/aromatic N) is 5. The highest BCUT2D eigenvalue weighted by Crippen LogP contribution is 2.28. The van der Waals surface area contributed by atoms with Gasteiger partial charge in [-0.3, -0.25) is 4.79 Å². The van der Waals surface area contributed by atoms with Crippen molar-refractivity contribution in [2.24, 2.45) is 5.92 Å². The molecule has 3 heterocycles. The molecule has 0 bridgehead atoms. The first-order chi connectivity index (χ1) is 17.0. The van der Waals surface area contributed by atoms with Crippen molar-refractivity contribution in [3.8, 4) is 11.4 Å². The number of benzene rings is 2. The van der Waals surface area contributed by atoms with E-state index in [4.69, 9.17) is 4.98 Å². The molecule has 2 fully saturated rings. The van der Waals surface area contributed by atoms with Crippen LogP contribution in [0.15, 0.2) is 54.7 Å². The Morgan fingerprint density at radius 3 is 2.26 bits per heavy atom. The number of hydrogen-bond acceptors (Lipinski definition) is 5. The summed E-state index contributed by atoms with van der Waals surface area (Å²) in [5.41, 5.74) is 3.26. The number of likely N-dealkylation sites (tertiary alicyclic amines) is 1. The van der Waals surface area contributed by atoms with E-state index in [9.17, 15) is 9.18 Å². The fourth-order valence-electron chi connectivity index (χ4n) is 4.86. The Balaban J connectivity index is 1.43. The highest BCUT2D eigenvalue weighted by Gasteiger charge is 2.29. The summed E-state index contributed by atoms with van der Waals surface area (Å²) in [7, 11) is 0. The van der Waals surface area contributed by atoms with Crippen LogP contribution in [0.25, 0.3) is 11.4 Å². The Bertz CT molecular complexity index is 1180. The van der Waals surface area contributed by atoms with Crippen LogP contribution in [-0.2, 0) is 0 Å². The summed E-state index contributed by atoms with van der Waals surface area (Å²) in [6.07, 6.45) is 3.73. The monoisotopic (exact) mass is 473 g/mol. The molecule has 35 heavy (non-hydrogen) atoms. The van der Waals surface area contributed by atoms with E-state index in [-0.39, 0.29) is 11.7 Å². The molecule has 1 aromatic heterocycles. The predicted octanol–water partition coefficient (Wildman–Crippen LogP) is 4.79. The van der Waals surface area contributed by atoms with Crippen LogP contribution >= 0.6 is 0 Å². The van der Waals surface area contributed by atoms with Gasteiger partial charge in [-0.15, -0.1) is 0 Å². The number of piperazine rings is 1. The van der Waals surface area contributed by atoms with Gasteiger partial charge in [-0.2, -0.15) is 0 Å². The molecule has 0 N–H and O–H groups in total. The molecule has 5 rings (SSSR count). The number of aromatic nitrogens is 2. The Labute approximate surface area is 206 Å². The van der Waals surface area contributed by atoms with Gasteiger partial charge >= 0.3 is 0 Å². The van der Waals surface area contributed by atoms with Crippen LogP contribution < -0.4 is 9.80 Å². The van der Waals surface area contributed by atoms with Gasteiger partial charge < -0.3 is 14.7 Å². The summed E-state index contributed by atoms with van der Waals surface area (Å²) in [5.74, 6) is 1.72. The van der Waals surface area contributed by atoms with Gasteiger partial charge in [0.15, 0.2) is 5.82 Å². The van der Waals surface area contributed by atoms with Crippen LogP contribution in [0.3, 0.4) is 0 Å². The lowest BCUT2D eigenvalue weighted by Gasteiger charge is -2.38. The number of piperidine rings is 1. The van der Waals surface area contributed by atoms with Crippen LogP contribution in [0.4, 0.5) is 15.9 Å². The molecule has 0 saturated carbocycles. The maximum atomic E-state index is 14.3. The Morgan fingerprint density at radius 2 is 1.57 bits per heavy atom. The van der Waals surface area contributed by atoms with Crippen molar-refractivity contribution in [3.05, 3.63) is 71.7 Å². The number of aryl methyl sites for hydroxylation is 1. The predicted molar refractivity (Wildman–Crippen MR) is 137 cm³/mol. The SMILES string of the molecule is Cc1ccc(-c2ncc(C(=O)N3CCC(C)CC3)c(N3CCN(c4ccccc4F)CC3)n2)cc1. The second-order valence-electron chi connectivity index (χ2n) is 9.70. The molecule has 0 atom stereocenters. The van der Waals surface area contributed by atoms with Crippen molar-refractivity contribution in [1.29, 1.82) is 0 Å². The molecule has 7 heteroatoms. The van der Waals surface area contributed by atoms with E-state index in [2.05, 4.69) is 21.7 Å². The number of anilines is 2. The molecule has 0 aliphatic carbocycles. The minimum atomic E-state index is -0.208. The number of para-hydroxylation sites is 1. The Kier molecular flexibility index (Phi) is 6.66. The molecule has 3 aromatic rings. The molecular formula is C28H32FN5O. The maximum absolute atomic E-state index is 14.3. The third-order valence-corrected chi connectivity index (χ3v) is 7.15. The van der Waals surface area contributed by atoms with Crippen molar-refractivity contribution in [3.63, 3.8) is 0 Å². The Hall–Kier alpha value is -3.48. The molecule has 2 aliphatic rings. The minimum Gasteiger partial charge on any atom is -0.366 e. The molecule has 6 nitrogen and oxygen atoms in total. The molecule has 0 radical (unpaired) electrons. The van der Waals surface area contributed by atoms with Gasteiger partial charge in [0.05, 0.1) is 5.69 Å². The zero-order valence-corrected chi connectivity index (χ0v) is 20.5. The molecule has 2 aliphatic heterocycles. The second-order valence-corrected chi connectivity index (χ2v) is 9.70. The largest absolute Gasteiger partial charge is 0.366 e. The number of rotatable bonds is 4. The summed E-state index contributed by atoms with van der Waals surface area (Å²) < 4.78 is 14.3. The molecule has 0 unspecified atom stereocenters. The van der Waals surface area contributed by atoms with Gasteiger partial charge in [0.2, 0.25) is 0 Å². The van der Waals surface area contributed by atoms with E-state index in [0.717, 1.165) is 31.5 Å². The van der Waals surface area contributed by atoms with Crippen LogP contribution in [0.2, 0.25) is 0 Å². The van der Waals surface area contributed by atoms with Gasteiger partial charge in [0.1, 0.15) is 17.2 Å². The molecular weight excluding hydrogens is 441 g/mol. The topological polar surface area (TPSA) is 52.6 Å². The van der Waals surface area contributed by atoms with E-state index in [1.807, 2.05) is 48.2 Å². The second kappa shape index (κ2) is 10.0. The number of carbonyl (C=O) groups excluding carboxylic acids is 1. The minimum absolute atomic E-state index is 0.00103. The van der Waals surface area contributed by atoms with E-state index in [1.165, 1.54) is 11.6 Å². The summed E-state index contributed by atoms with van der Waals surface area (Å²) >= 11 is 0. The molecule has 2 saturated heterocycles. The number of hydrogen-bond donors (Lipinski definition) is 0. The third kappa shape index (κ3) is 4.99. The lowest BCUT2D eigenvalue weighted by atomic mass is 9.99. The third-order valence-electron chi connectivity index (χ3n) is 7.15. The average molecular weight is 474 g/mol. The van der Waals surface area contributed by atoms with Gasteiger partial charge in [0, 0.05) is 51.0 Å². The number of amides is 1. The van der Waals surface area contributed by atoms with E-state index in [0.29, 0.717) is 55.0 Å². The maximum Gasteiger partial charge on any atom is 0.259 e. The van der Waals surface area contributed by atoms with Crippen molar-refractivity contribution >= 4 is 17.4 Å². The number of halogens is 1. The smallest absolute Gasteiger partial charge is 0.259 e. The summed E-state index contributed by atoms with van der Waals surface area (Å²) in [4.78, 5) is 29.2. The zero-order valence-electron chi connectivity index (χ0n) is 20.5. The quantitative estimate of drug-likeness (QED) is 0.545. The fourth-order valence-corrected chi connectivity index (χ4v) is 4.86. The summed E-state index contributed by atoms with van der Waals surface area (Å²) in [5, 5.41) is 0. The summed E-state index contributed by atoms with van der Waals surface area (Å²) in [6, 6.07) is 15.0. The first-order valence-corrected chi connectivity index (χ1v) is 12.5. The standard InChI is InChI=1S/C28H32FN5O/c1-20-7-9-22(10-8-20)26-30-19-23(28(35)34-13-11-21(2)12-14-34)27(31-26)33-17-15-32(16-18-33)25-6-4-3-5-24(25)29/h3-10,19,21H,11-18H2,1-2H3. The van der Waals surface area contributed by atoms with E-state index < -0.39 is 0 Å². The molecule has 1 amide bonds. The van der Waals surface area contributed by atoms with E-state index in [1.54, 1.807) is 12.3 Å². The van der Waals surface area contributed by atoms with Gasteiger partial charge in [0.25, 0.3) is 5.91 Å². The van der Waals surface area contributed by atoms with Gasteiger partial charge in [-0.25, -0.2) is 14.4 Å². The molecule has 182 valence electrons. The summed E-state index contributed by atoms with van der Waals surface area (Å²) in [6.45, 7) is 8.42. The Morgan fingerprint density at radius 1 is 0.914 bits per heavy atom. The van der Waals surface area contributed by atoms with E-state index >= 15 is 0 Å².